The van der Waals surface area contributed by atoms with Crippen LogP contribution in [0.5, 0.6) is 0 Å². The lowest BCUT2D eigenvalue weighted by atomic mass is 9.65. The van der Waals surface area contributed by atoms with E-state index in [4.69, 9.17) is 5.73 Å². The molecule has 1 aromatic rings. The summed E-state index contributed by atoms with van der Waals surface area (Å²) in [6.07, 6.45) is 7.56. The van der Waals surface area contributed by atoms with Gasteiger partial charge in [0.2, 0.25) is 5.91 Å². The van der Waals surface area contributed by atoms with Crippen LogP contribution in [0.4, 0.5) is 5.69 Å². The second-order valence-corrected chi connectivity index (χ2v) is 8.32. The Morgan fingerprint density at radius 1 is 1.12 bits per heavy atom. The Labute approximate surface area is 153 Å². The van der Waals surface area contributed by atoms with E-state index < -0.39 is 4.92 Å². The van der Waals surface area contributed by atoms with Gasteiger partial charge in [-0.05, 0) is 55.9 Å². The Morgan fingerprint density at radius 3 is 2.27 bits per heavy atom. The van der Waals surface area contributed by atoms with Crippen LogP contribution in [0.2, 0.25) is 0 Å². The molecule has 2 atom stereocenters. The van der Waals surface area contributed by atoms with Crippen LogP contribution in [0.3, 0.4) is 0 Å². The van der Waals surface area contributed by atoms with E-state index in [1.807, 2.05) is 4.90 Å². The number of benzene rings is 1. The number of amides is 1. The maximum Gasteiger partial charge on any atom is 0.269 e. The molecule has 26 heavy (non-hydrogen) atoms. The predicted molar refractivity (Wildman–Crippen MR) is 98.2 cm³/mol. The number of rotatable bonds is 5. The lowest BCUT2D eigenvalue weighted by Gasteiger charge is -2.44. The Balaban J connectivity index is 1.46. The molecule has 3 aliphatic carbocycles. The van der Waals surface area contributed by atoms with Gasteiger partial charge in [-0.15, -0.1) is 0 Å². The number of nitro groups is 1. The summed E-state index contributed by atoms with van der Waals surface area (Å²) in [4.78, 5) is 25.7. The van der Waals surface area contributed by atoms with Crippen molar-refractivity contribution in [2.45, 2.75) is 63.6 Å². The highest BCUT2D eigenvalue weighted by Crippen LogP contribution is 2.43. The molecular weight excluding hydrogens is 330 g/mol. The predicted octanol–water partition coefficient (Wildman–Crippen LogP) is 3.24. The normalized spacial score (nSPS) is 30.7. The van der Waals surface area contributed by atoms with Crippen LogP contribution in [0.25, 0.3) is 0 Å². The third kappa shape index (κ3) is 3.47. The second kappa shape index (κ2) is 6.99. The van der Waals surface area contributed by atoms with Crippen LogP contribution in [0.1, 0.15) is 50.5 Å². The minimum atomic E-state index is -0.391. The molecule has 6 nitrogen and oxygen atoms in total. The van der Waals surface area contributed by atoms with E-state index in [1.54, 1.807) is 12.1 Å². The molecule has 140 valence electrons. The van der Waals surface area contributed by atoms with Crippen LogP contribution in [0, 0.1) is 27.9 Å². The molecule has 6 heteroatoms. The van der Waals surface area contributed by atoms with Gasteiger partial charge in [-0.2, -0.15) is 0 Å². The fraction of sp³-hybridized carbons (Fsp3) is 0.650. The highest BCUT2D eigenvalue weighted by molar-refractivity contribution is 5.79. The zero-order valence-electron chi connectivity index (χ0n) is 15.0. The summed E-state index contributed by atoms with van der Waals surface area (Å²) in [6, 6.07) is 7.20. The first-order valence-corrected chi connectivity index (χ1v) is 9.82. The van der Waals surface area contributed by atoms with Gasteiger partial charge >= 0.3 is 0 Å². The largest absolute Gasteiger partial charge is 0.335 e. The van der Waals surface area contributed by atoms with E-state index in [-0.39, 0.29) is 23.6 Å². The van der Waals surface area contributed by atoms with Gasteiger partial charge in [0.1, 0.15) is 0 Å². The standard InChI is InChI=1S/C20H27N3O3/c21-19-14-2-1-3-15(19)11-16(10-14)20(24)22(17-8-9-17)12-13-4-6-18(7-5-13)23(25)26/h4-7,14-17,19H,1-3,8-12,21H2. The highest BCUT2D eigenvalue weighted by Gasteiger charge is 2.43. The van der Waals surface area contributed by atoms with Crippen molar-refractivity contribution < 1.29 is 9.72 Å². The van der Waals surface area contributed by atoms with Gasteiger partial charge in [0.15, 0.2) is 0 Å². The van der Waals surface area contributed by atoms with Gasteiger partial charge in [0.05, 0.1) is 4.92 Å². The topological polar surface area (TPSA) is 89.5 Å². The van der Waals surface area contributed by atoms with Crippen LogP contribution in [-0.2, 0) is 11.3 Å². The third-order valence-corrected chi connectivity index (χ3v) is 6.53. The third-order valence-electron chi connectivity index (χ3n) is 6.53. The summed E-state index contributed by atoms with van der Waals surface area (Å²) >= 11 is 0. The number of nitro benzene ring substituents is 1. The number of carbonyl (C=O) groups excluding carboxylic acids is 1. The van der Waals surface area contributed by atoms with E-state index in [2.05, 4.69) is 0 Å². The molecule has 3 fully saturated rings. The molecule has 0 spiro atoms. The van der Waals surface area contributed by atoms with Crippen molar-refractivity contribution in [3.8, 4) is 0 Å². The van der Waals surface area contributed by atoms with E-state index >= 15 is 0 Å². The van der Waals surface area contributed by atoms with Crippen LogP contribution >= 0.6 is 0 Å². The maximum atomic E-state index is 13.3. The highest BCUT2D eigenvalue weighted by atomic mass is 16.6. The Morgan fingerprint density at radius 2 is 1.73 bits per heavy atom. The molecule has 3 saturated carbocycles. The molecular formula is C20H27N3O3. The van der Waals surface area contributed by atoms with Crippen LogP contribution in [-0.4, -0.2) is 27.8 Å². The van der Waals surface area contributed by atoms with Crippen LogP contribution < -0.4 is 5.73 Å². The molecule has 0 aromatic heterocycles. The van der Waals surface area contributed by atoms with Crippen molar-refractivity contribution >= 4 is 11.6 Å². The molecule has 1 amide bonds. The van der Waals surface area contributed by atoms with Crippen molar-refractivity contribution in [2.75, 3.05) is 0 Å². The zero-order chi connectivity index (χ0) is 18.3. The van der Waals surface area contributed by atoms with Gasteiger partial charge in [-0.3, -0.25) is 14.9 Å². The maximum absolute atomic E-state index is 13.3. The number of nitrogens with two attached hydrogens (primary N) is 1. The van der Waals surface area contributed by atoms with E-state index in [0.717, 1.165) is 44.1 Å². The number of carbonyl (C=O) groups is 1. The molecule has 2 bridgehead atoms. The van der Waals surface area contributed by atoms with Crippen molar-refractivity contribution in [3.05, 3.63) is 39.9 Å². The first-order valence-electron chi connectivity index (χ1n) is 9.82. The molecule has 0 radical (unpaired) electrons. The Kier molecular flexibility index (Phi) is 4.69. The molecule has 0 heterocycles. The van der Waals surface area contributed by atoms with Crippen molar-refractivity contribution in [1.82, 2.24) is 4.90 Å². The summed E-state index contributed by atoms with van der Waals surface area (Å²) in [5.41, 5.74) is 7.43. The SMILES string of the molecule is NC1C2CCCC1CC(C(=O)N(Cc1ccc([N+](=O)[O-])cc1)C1CC1)C2. The average molecular weight is 357 g/mol. The van der Waals surface area contributed by atoms with Gasteiger partial charge in [0.25, 0.3) is 5.69 Å². The van der Waals surface area contributed by atoms with E-state index in [1.165, 1.54) is 18.6 Å². The van der Waals surface area contributed by atoms with Gasteiger partial charge in [0, 0.05) is 36.7 Å². The number of nitrogens with zero attached hydrogens (tertiary/aromatic N) is 2. The number of hydrogen-bond acceptors (Lipinski definition) is 4. The molecule has 0 saturated heterocycles. The number of hydrogen-bond donors (Lipinski definition) is 1. The lowest BCUT2D eigenvalue weighted by molar-refractivity contribution is -0.384. The van der Waals surface area contributed by atoms with Gasteiger partial charge < -0.3 is 10.6 Å². The minimum absolute atomic E-state index is 0.0899. The first kappa shape index (κ1) is 17.5. The van der Waals surface area contributed by atoms with Gasteiger partial charge in [-0.25, -0.2) is 0 Å². The zero-order valence-corrected chi connectivity index (χ0v) is 15.0. The van der Waals surface area contributed by atoms with E-state index in [9.17, 15) is 14.9 Å². The number of fused-ring (bicyclic) bond motifs is 2. The molecule has 0 aliphatic heterocycles. The summed E-state index contributed by atoms with van der Waals surface area (Å²) in [7, 11) is 0. The van der Waals surface area contributed by atoms with Crippen LogP contribution in [0.15, 0.2) is 24.3 Å². The first-order chi connectivity index (χ1) is 12.5. The quantitative estimate of drug-likeness (QED) is 0.647. The Hall–Kier alpha value is -1.95. The summed E-state index contributed by atoms with van der Waals surface area (Å²) in [5.74, 6) is 1.37. The minimum Gasteiger partial charge on any atom is -0.335 e. The lowest BCUT2D eigenvalue weighted by Crippen LogP contribution is -2.50. The summed E-state index contributed by atoms with van der Waals surface area (Å²) < 4.78 is 0. The fourth-order valence-electron chi connectivity index (χ4n) is 4.92. The van der Waals surface area contributed by atoms with Crippen molar-refractivity contribution in [1.29, 1.82) is 0 Å². The second-order valence-electron chi connectivity index (χ2n) is 8.32. The molecule has 4 rings (SSSR count). The van der Waals surface area contributed by atoms with Crippen molar-refractivity contribution in [3.63, 3.8) is 0 Å². The van der Waals surface area contributed by atoms with Crippen molar-refractivity contribution in [2.24, 2.45) is 23.5 Å². The fourth-order valence-corrected chi connectivity index (χ4v) is 4.92. The summed E-state index contributed by atoms with van der Waals surface area (Å²) in [5, 5.41) is 10.8. The number of non-ortho nitro benzene ring substituents is 1. The smallest absolute Gasteiger partial charge is 0.269 e. The molecule has 2 unspecified atom stereocenters. The monoisotopic (exact) mass is 357 g/mol. The molecule has 3 aliphatic rings. The van der Waals surface area contributed by atoms with Gasteiger partial charge in [-0.1, -0.05) is 18.6 Å². The Bertz CT molecular complexity index is 672. The average Bonchev–Trinajstić information content (AvgIpc) is 3.44. The van der Waals surface area contributed by atoms with E-state index in [0.29, 0.717) is 24.4 Å². The molecule has 1 aromatic carbocycles. The summed E-state index contributed by atoms with van der Waals surface area (Å²) in [6.45, 7) is 0.555. The molecule has 2 N–H and O–H groups in total.